The van der Waals surface area contributed by atoms with Crippen LogP contribution in [-0.2, 0) is 25.7 Å². The predicted molar refractivity (Wildman–Crippen MR) is 174 cm³/mol. The molecule has 3 aliphatic heterocycles. The summed E-state index contributed by atoms with van der Waals surface area (Å²) in [4.78, 5) is 48.5. The van der Waals surface area contributed by atoms with Gasteiger partial charge in [-0.3, -0.25) is 14.4 Å². The second kappa shape index (κ2) is 14.2. The molecule has 0 aliphatic carbocycles. The van der Waals surface area contributed by atoms with E-state index in [4.69, 9.17) is 4.74 Å². The lowest BCUT2D eigenvalue weighted by Gasteiger charge is -2.37. The summed E-state index contributed by atoms with van der Waals surface area (Å²) >= 11 is 3.79. The molecule has 3 saturated heterocycles. The number of carbonyl (C=O) groups is 3. The van der Waals surface area contributed by atoms with Gasteiger partial charge in [0.2, 0.25) is 17.7 Å². The highest BCUT2D eigenvalue weighted by Crippen LogP contribution is 2.60. The minimum atomic E-state index is -1.13. The third kappa shape index (κ3) is 6.02. The fraction of sp³-hybridized carbons (Fsp3) is 0.457. The molecule has 3 heterocycles. The molecule has 3 aliphatic rings. The Morgan fingerprint density at radius 1 is 0.977 bits per heavy atom. The van der Waals surface area contributed by atoms with Gasteiger partial charge in [-0.05, 0) is 37.0 Å². The predicted octanol–water partition coefficient (Wildman–Crippen LogP) is 4.72. The van der Waals surface area contributed by atoms with E-state index in [1.165, 1.54) is 0 Å². The standard InChI is InChI=1S/C35H42BrN3O5/c1-3-19-37(24-25-15-9-7-10-16-25)34(43)31-35-23-27(36)30(44-35)28(29(35)33(42)39(31)21-13-5-6-14-22-40)32(41)38(20-4-2)26-17-11-8-12-18-26/h3-4,7-12,15-18,27-31,40H,1-2,5-6,13-14,19-24H2/t27?,28-,29-,30-,31?,35?/m0/s1. The molecule has 3 amide bonds. The van der Waals surface area contributed by atoms with Gasteiger partial charge in [-0.2, -0.15) is 0 Å². The van der Waals surface area contributed by atoms with Gasteiger partial charge in [-0.15, -0.1) is 13.2 Å². The number of nitrogens with zero attached hydrogens (tertiary/aromatic N) is 3. The Hall–Kier alpha value is -3.27. The third-order valence-electron chi connectivity index (χ3n) is 9.14. The van der Waals surface area contributed by atoms with Gasteiger partial charge in [0.05, 0.1) is 17.9 Å². The number of carbonyl (C=O) groups excluding carboxylic acids is 3. The number of rotatable bonds is 15. The van der Waals surface area contributed by atoms with Crippen molar-refractivity contribution >= 4 is 39.3 Å². The van der Waals surface area contributed by atoms with Crippen LogP contribution in [-0.4, -0.2) is 81.4 Å². The number of likely N-dealkylation sites (tertiary alicyclic amines) is 1. The summed E-state index contributed by atoms with van der Waals surface area (Å²) in [5.41, 5.74) is 0.562. The highest BCUT2D eigenvalue weighted by atomic mass is 79.9. The quantitative estimate of drug-likeness (QED) is 0.169. The summed E-state index contributed by atoms with van der Waals surface area (Å²) in [5, 5.41) is 9.23. The maximum absolute atomic E-state index is 14.6. The van der Waals surface area contributed by atoms with Crippen molar-refractivity contribution < 1.29 is 24.2 Å². The fourth-order valence-electron chi connectivity index (χ4n) is 7.28. The highest BCUT2D eigenvalue weighted by Gasteiger charge is 2.76. The number of unbranched alkanes of at least 4 members (excludes halogenated alkanes) is 3. The number of hydrogen-bond donors (Lipinski definition) is 1. The largest absolute Gasteiger partial charge is 0.396 e. The molecule has 0 radical (unpaired) electrons. The van der Waals surface area contributed by atoms with Crippen LogP contribution < -0.4 is 4.90 Å². The van der Waals surface area contributed by atoms with Gasteiger partial charge in [0.25, 0.3) is 0 Å². The molecule has 3 fully saturated rings. The number of aliphatic hydroxyl groups excluding tert-OH is 1. The van der Waals surface area contributed by atoms with E-state index in [9.17, 15) is 19.5 Å². The van der Waals surface area contributed by atoms with E-state index in [2.05, 4.69) is 29.1 Å². The molecule has 3 unspecified atom stereocenters. The Morgan fingerprint density at radius 3 is 2.30 bits per heavy atom. The smallest absolute Gasteiger partial charge is 0.248 e. The summed E-state index contributed by atoms with van der Waals surface area (Å²) in [6, 6.07) is 18.3. The number of halogens is 1. The number of anilines is 1. The lowest BCUT2D eigenvalue weighted by atomic mass is 9.70. The van der Waals surface area contributed by atoms with Gasteiger partial charge >= 0.3 is 0 Å². The van der Waals surface area contributed by atoms with Crippen LogP contribution in [0.25, 0.3) is 0 Å². The van der Waals surface area contributed by atoms with Crippen molar-refractivity contribution in [3.63, 3.8) is 0 Å². The van der Waals surface area contributed by atoms with Crippen molar-refractivity contribution in [3.8, 4) is 0 Å². The number of alkyl halides is 1. The van der Waals surface area contributed by atoms with Crippen molar-refractivity contribution in [3.05, 3.63) is 91.5 Å². The molecular weight excluding hydrogens is 622 g/mol. The molecule has 8 nitrogen and oxygen atoms in total. The maximum Gasteiger partial charge on any atom is 0.248 e. The third-order valence-corrected chi connectivity index (χ3v) is 9.98. The van der Waals surface area contributed by atoms with E-state index in [0.717, 1.165) is 24.1 Å². The summed E-state index contributed by atoms with van der Waals surface area (Å²) in [6.45, 7) is 9.23. The molecule has 2 aromatic carbocycles. The summed E-state index contributed by atoms with van der Waals surface area (Å²) in [7, 11) is 0. The van der Waals surface area contributed by atoms with Gasteiger partial charge in [-0.1, -0.05) is 89.5 Å². The number of aliphatic hydroxyl groups is 1. The average molecular weight is 665 g/mol. The highest BCUT2D eigenvalue weighted by molar-refractivity contribution is 9.09. The number of ether oxygens (including phenoxy) is 1. The van der Waals surface area contributed by atoms with Gasteiger partial charge in [0.1, 0.15) is 11.6 Å². The summed E-state index contributed by atoms with van der Waals surface area (Å²) in [5.74, 6) is -2.13. The molecule has 5 rings (SSSR count). The molecular formula is C35H42BrN3O5. The second-order valence-electron chi connectivity index (χ2n) is 11.9. The van der Waals surface area contributed by atoms with E-state index in [-0.39, 0.29) is 35.7 Å². The summed E-state index contributed by atoms with van der Waals surface area (Å²) < 4.78 is 6.76. The Balaban J connectivity index is 1.52. The Bertz CT molecular complexity index is 1340. The topological polar surface area (TPSA) is 90.4 Å². The van der Waals surface area contributed by atoms with Crippen molar-refractivity contribution in [2.45, 2.75) is 61.2 Å². The van der Waals surface area contributed by atoms with Crippen LogP contribution in [0.2, 0.25) is 0 Å². The molecule has 0 saturated carbocycles. The average Bonchev–Trinajstić information content (AvgIpc) is 3.63. The van der Waals surface area contributed by atoms with Gasteiger partial charge in [-0.25, -0.2) is 0 Å². The molecule has 2 bridgehead atoms. The van der Waals surface area contributed by atoms with E-state index >= 15 is 0 Å². The monoisotopic (exact) mass is 663 g/mol. The van der Waals surface area contributed by atoms with Crippen LogP contribution in [0.3, 0.4) is 0 Å². The van der Waals surface area contributed by atoms with Crippen LogP contribution in [0.4, 0.5) is 5.69 Å². The van der Waals surface area contributed by atoms with Crippen molar-refractivity contribution in [1.82, 2.24) is 9.80 Å². The van der Waals surface area contributed by atoms with Crippen molar-refractivity contribution in [2.75, 3.05) is 31.1 Å². The van der Waals surface area contributed by atoms with Gasteiger partial charge in [0, 0.05) is 43.3 Å². The minimum absolute atomic E-state index is 0.124. The Morgan fingerprint density at radius 2 is 1.64 bits per heavy atom. The first-order valence-electron chi connectivity index (χ1n) is 15.5. The number of fused-ring (bicyclic) bond motifs is 1. The molecule has 234 valence electrons. The Kier molecular flexibility index (Phi) is 10.4. The molecule has 0 aromatic heterocycles. The molecule has 9 heteroatoms. The zero-order valence-corrected chi connectivity index (χ0v) is 26.7. The number of hydrogen-bond acceptors (Lipinski definition) is 5. The van der Waals surface area contributed by atoms with E-state index < -0.39 is 29.6 Å². The first kappa shape index (κ1) is 32.1. The van der Waals surface area contributed by atoms with Crippen molar-refractivity contribution in [2.24, 2.45) is 11.8 Å². The van der Waals surface area contributed by atoms with Gasteiger partial charge in [0.15, 0.2) is 0 Å². The lowest BCUT2D eigenvalue weighted by molar-refractivity contribution is -0.148. The fourth-order valence-corrected chi connectivity index (χ4v) is 8.23. The van der Waals surface area contributed by atoms with Crippen LogP contribution in [0.5, 0.6) is 0 Å². The molecule has 2 aromatic rings. The molecule has 1 spiro atoms. The second-order valence-corrected chi connectivity index (χ2v) is 13.1. The van der Waals surface area contributed by atoms with Crippen LogP contribution >= 0.6 is 15.9 Å². The zero-order valence-electron chi connectivity index (χ0n) is 25.1. The first-order valence-corrected chi connectivity index (χ1v) is 16.4. The van der Waals surface area contributed by atoms with Crippen LogP contribution in [0.1, 0.15) is 37.7 Å². The number of para-hydroxylation sites is 1. The van der Waals surface area contributed by atoms with Gasteiger partial charge < -0.3 is 24.5 Å². The minimum Gasteiger partial charge on any atom is -0.396 e. The SMILES string of the molecule is C=CCN(Cc1ccccc1)C(=O)C1N(CCCCCCO)C(=O)[C@@H]2[C@H](C(=O)N(CC=C)c3ccccc3)[C@H]3OC12CC3Br. The Labute approximate surface area is 268 Å². The van der Waals surface area contributed by atoms with Crippen LogP contribution in [0.15, 0.2) is 86.0 Å². The lowest BCUT2D eigenvalue weighted by Crippen LogP contribution is -2.57. The number of amides is 3. The van der Waals surface area contributed by atoms with E-state index in [1.54, 1.807) is 26.9 Å². The normalized spacial score (nSPS) is 26.8. The summed E-state index contributed by atoms with van der Waals surface area (Å²) in [6.07, 6.45) is 6.32. The zero-order chi connectivity index (χ0) is 31.3. The molecule has 44 heavy (non-hydrogen) atoms. The molecule has 1 N–H and O–H groups in total. The molecule has 6 atom stereocenters. The van der Waals surface area contributed by atoms with E-state index in [1.807, 2.05) is 60.7 Å². The van der Waals surface area contributed by atoms with Crippen LogP contribution in [0, 0.1) is 11.8 Å². The van der Waals surface area contributed by atoms with Crippen molar-refractivity contribution in [1.29, 1.82) is 0 Å². The number of benzene rings is 2. The van der Waals surface area contributed by atoms with E-state index in [0.29, 0.717) is 38.9 Å². The maximum atomic E-state index is 14.6. The first-order chi connectivity index (χ1) is 21.4.